The van der Waals surface area contributed by atoms with Crippen molar-refractivity contribution < 1.29 is 9.59 Å². The lowest BCUT2D eigenvalue weighted by molar-refractivity contribution is 0.0910. The van der Waals surface area contributed by atoms with Gasteiger partial charge in [0.05, 0.1) is 0 Å². The molecule has 2 heterocycles. The predicted octanol–water partition coefficient (Wildman–Crippen LogP) is 4.54. The van der Waals surface area contributed by atoms with E-state index in [1.807, 2.05) is 13.8 Å². The summed E-state index contributed by atoms with van der Waals surface area (Å²) in [5.41, 5.74) is 0.272. The van der Waals surface area contributed by atoms with Crippen molar-refractivity contribution >= 4 is 28.2 Å². The smallest absolute Gasteiger partial charge is 0.263 e. The average molecular weight is 431 g/mol. The summed E-state index contributed by atoms with van der Waals surface area (Å²) in [6, 6.07) is 1.42. The third-order valence-electron chi connectivity index (χ3n) is 5.39. The van der Waals surface area contributed by atoms with E-state index in [0.717, 1.165) is 24.3 Å². The number of aryl methyl sites for hydroxylation is 1. The SMILES string of the molecule is CCCCCCCCc1nnc(NC(=O)c2cc3c([nH]c2=O)CC(C)(C)CC3=O)s1. The Bertz CT molecular complexity index is 977. The van der Waals surface area contributed by atoms with Gasteiger partial charge in [0.2, 0.25) is 5.13 Å². The zero-order chi connectivity index (χ0) is 21.7. The van der Waals surface area contributed by atoms with Crippen LogP contribution < -0.4 is 10.9 Å². The quantitative estimate of drug-likeness (QED) is 0.568. The second-order valence-corrected chi connectivity index (χ2v) is 9.88. The number of nitrogens with zero attached hydrogens (tertiary/aromatic N) is 2. The Morgan fingerprint density at radius 2 is 1.87 bits per heavy atom. The first-order chi connectivity index (χ1) is 14.3. The monoisotopic (exact) mass is 430 g/mol. The van der Waals surface area contributed by atoms with Crippen molar-refractivity contribution in [2.24, 2.45) is 5.41 Å². The fourth-order valence-corrected chi connectivity index (χ4v) is 4.60. The molecule has 2 aromatic heterocycles. The Morgan fingerprint density at radius 3 is 2.63 bits per heavy atom. The topological polar surface area (TPSA) is 105 Å². The van der Waals surface area contributed by atoms with Crippen molar-refractivity contribution in [3.05, 3.63) is 38.2 Å². The summed E-state index contributed by atoms with van der Waals surface area (Å²) in [5.74, 6) is -0.623. The number of unbranched alkanes of at least 4 members (excludes halogenated alkanes) is 5. The summed E-state index contributed by atoms with van der Waals surface area (Å²) in [5, 5.41) is 12.0. The van der Waals surface area contributed by atoms with Gasteiger partial charge in [-0.1, -0.05) is 64.2 Å². The fraction of sp³-hybridized carbons (Fsp3) is 0.591. The maximum absolute atomic E-state index is 12.6. The normalized spacial score (nSPS) is 15.1. The number of aromatic nitrogens is 3. The highest BCUT2D eigenvalue weighted by molar-refractivity contribution is 7.15. The number of amides is 1. The molecule has 1 aliphatic rings. The number of rotatable bonds is 9. The first-order valence-electron chi connectivity index (χ1n) is 10.7. The van der Waals surface area contributed by atoms with E-state index >= 15 is 0 Å². The maximum atomic E-state index is 12.6. The fourth-order valence-electron chi connectivity index (χ4n) is 3.82. The van der Waals surface area contributed by atoms with Crippen LogP contribution in [-0.2, 0) is 12.8 Å². The van der Waals surface area contributed by atoms with Crippen molar-refractivity contribution in [3.8, 4) is 0 Å². The van der Waals surface area contributed by atoms with Crippen molar-refractivity contribution in [3.63, 3.8) is 0 Å². The van der Waals surface area contributed by atoms with Gasteiger partial charge in [0.15, 0.2) is 5.78 Å². The second-order valence-electron chi connectivity index (χ2n) is 8.82. The van der Waals surface area contributed by atoms with Crippen LogP contribution >= 0.6 is 11.3 Å². The molecule has 2 aromatic rings. The van der Waals surface area contributed by atoms with Gasteiger partial charge < -0.3 is 4.98 Å². The highest BCUT2D eigenvalue weighted by atomic mass is 32.1. The molecule has 0 radical (unpaired) electrons. The van der Waals surface area contributed by atoms with Gasteiger partial charge in [-0.05, 0) is 24.3 Å². The van der Waals surface area contributed by atoms with Crippen LogP contribution in [0.2, 0.25) is 0 Å². The van der Waals surface area contributed by atoms with Crippen LogP contribution in [0.25, 0.3) is 0 Å². The number of aromatic amines is 1. The molecule has 0 spiro atoms. The third kappa shape index (κ3) is 5.62. The Morgan fingerprint density at radius 1 is 1.13 bits per heavy atom. The van der Waals surface area contributed by atoms with Crippen molar-refractivity contribution in [2.45, 2.75) is 78.6 Å². The number of Topliss-reactive ketones (excluding diaryl/α,β-unsaturated/α-hetero) is 1. The summed E-state index contributed by atoms with van der Waals surface area (Å²) in [4.78, 5) is 40.2. The molecule has 0 atom stereocenters. The van der Waals surface area contributed by atoms with Crippen molar-refractivity contribution in [1.82, 2.24) is 15.2 Å². The molecule has 162 valence electrons. The predicted molar refractivity (Wildman–Crippen MR) is 118 cm³/mol. The number of carbonyl (C=O) groups is 2. The van der Waals surface area contributed by atoms with Gasteiger partial charge >= 0.3 is 0 Å². The van der Waals surface area contributed by atoms with Gasteiger partial charge in [0.1, 0.15) is 10.6 Å². The third-order valence-corrected chi connectivity index (χ3v) is 6.29. The highest BCUT2D eigenvalue weighted by Gasteiger charge is 2.32. The number of pyridine rings is 1. The van der Waals surface area contributed by atoms with Gasteiger partial charge in [-0.25, -0.2) is 0 Å². The van der Waals surface area contributed by atoms with E-state index < -0.39 is 11.5 Å². The van der Waals surface area contributed by atoms with Crippen LogP contribution in [0.3, 0.4) is 0 Å². The minimum atomic E-state index is -0.570. The van der Waals surface area contributed by atoms with Crippen molar-refractivity contribution in [2.75, 3.05) is 5.32 Å². The molecule has 2 N–H and O–H groups in total. The van der Waals surface area contributed by atoms with Gasteiger partial charge in [0.25, 0.3) is 11.5 Å². The average Bonchev–Trinajstić information content (AvgIpc) is 3.10. The minimum Gasteiger partial charge on any atom is -0.325 e. The second kappa shape index (κ2) is 9.64. The molecule has 3 rings (SSSR count). The standard InChI is InChI=1S/C22H30N4O3S/c1-4-5-6-7-8-9-10-18-25-26-21(30-18)24-20(29)15-11-14-16(23-19(15)28)12-22(2,3)13-17(14)27/h11H,4-10,12-13H2,1-3H3,(H,23,28)(H,24,26,29). The van der Waals surface area contributed by atoms with E-state index in [1.165, 1.54) is 43.1 Å². The number of carbonyl (C=O) groups excluding carboxylic acids is 2. The lowest BCUT2D eigenvalue weighted by atomic mass is 9.75. The lowest BCUT2D eigenvalue weighted by Gasteiger charge is -2.29. The number of anilines is 1. The van der Waals surface area contributed by atoms with Crippen LogP contribution in [0.1, 0.15) is 97.1 Å². The van der Waals surface area contributed by atoms with Crippen LogP contribution in [0.15, 0.2) is 10.9 Å². The Kier molecular flexibility index (Phi) is 7.18. The van der Waals surface area contributed by atoms with Gasteiger partial charge in [-0.2, -0.15) is 0 Å². The molecule has 0 saturated heterocycles. The number of H-pyrrole nitrogens is 1. The van der Waals surface area contributed by atoms with Gasteiger partial charge in [0, 0.05) is 24.1 Å². The van der Waals surface area contributed by atoms with E-state index in [2.05, 4.69) is 27.4 Å². The molecule has 0 unspecified atom stereocenters. The molecule has 30 heavy (non-hydrogen) atoms. The lowest BCUT2D eigenvalue weighted by Crippen LogP contribution is -2.32. The molecule has 0 saturated carbocycles. The summed E-state index contributed by atoms with van der Waals surface area (Å²) in [6.45, 7) is 6.18. The maximum Gasteiger partial charge on any atom is 0.263 e. The molecule has 1 amide bonds. The van der Waals surface area contributed by atoms with E-state index in [-0.39, 0.29) is 16.8 Å². The molecule has 7 nitrogen and oxygen atoms in total. The van der Waals surface area contributed by atoms with Crippen LogP contribution in [-0.4, -0.2) is 26.9 Å². The van der Waals surface area contributed by atoms with E-state index in [9.17, 15) is 14.4 Å². The largest absolute Gasteiger partial charge is 0.325 e. The highest BCUT2D eigenvalue weighted by Crippen LogP contribution is 2.33. The Labute approximate surface area is 180 Å². The minimum absolute atomic E-state index is 0.0521. The van der Waals surface area contributed by atoms with Gasteiger partial charge in [-0.3, -0.25) is 19.7 Å². The molecule has 0 bridgehead atoms. The number of hydrogen-bond acceptors (Lipinski definition) is 6. The Hall–Kier alpha value is -2.35. The Balaban J connectivity index is 1.62. The molecular weight excluding hydrogens is 400 g/mol. The zero-order valence-corrected chi connectivity index (χ0v) is 18.8. The van der Waals surface area contributed by atoms with E-state index in [0.29, 0.717) is 29.2 Å². The zero-order valence-electron chi connectivity index (χ0n) is 18.0. The number of hydrogen-bond donors (Lipinski definition) is 2. The van der Waals surface area contributed by atoms with Crippen LogP contribution in [0, 0.1) is 5.41 Å². The molecule has 0 fully saturated rings. The molecule has 0 aliphatic heterocycles. The van der Waals surface area contributed by atoms with Crippen LogP contribution in [0.4, 0.5) is 5.13 Å². The van der Waals surface area contributed by atoms with Crippen LogP contribution in [0.5, 0.6) is 0 Å². The van der Waals surface area contributed by atoms with Crippen molar-refractivity contribution in [1.29, 1.82) is 0 Å². The summed E-state index contributed by atoms with van der Waals surface area (Å²) in [6.07, 6.45) is 9.05. The molecular formula is C22H30N4O3S. The molecule has 8 heteroatoms. The first-order valence-corrected chi connectivity index (χ1v) is 11.5. The number of nitrogens with one attached hydrogen (secondary N) is 2. The summed E-state index contributed by atoms with van der Waals surface area (Å²) in [7, 11) is 0. The van der Waals surface area contributed by atoms with E-state index in [1.54, 1.807) is 0 Å². The number of ketones is 1. The molecule has 1 aliphatic carbocycles. The first kappa shape index (κ1) is 22.3. The van der Waals surface area contributed by atoms with E-state index in [4.69, 9.17) is 0 Å². The summed E-state index contributed by atoms with van der Waals surface area (Å²) >= 11 is 1.33. The van der Waals surface area contributed by atoms with Gasteiger partial charge in [-0.15, -0.1) is 10.2 Å². The molecule has 0 aromatic carbocycles. The number of fused-ring (bicyclic) bond motifs is 1. The summed E-state index contributed by atoms with van der Waals surface area (Å²) < 4.78 is 0.